The van der Waals surface area contributed by atoms with Crippen LogP contribution in [0.15, 0.2) is 22.8 Å². The number of fused-ring (bicyclic) bond motifs is 1. The van der Waals surface area contributed by atoms with Gasteiger partial charge in [0, 0.05) is 12.8 Å². The number of carbonyl (C=O) groups excluding carboxylic acids is 1. The van der Waals surface area contributed by atoms with E-state index >= 15 is 0 Å². The zero-order chi connectivity index (χ0) is 14.5. The van der Waals surface area contributed by atoms with Gasteiger partial charge in [-0.05, 0) is 75.0 Å². The first-order valence-corrected chi connectivity index (χ1v) is 7.96. The van der Waals surface area contributed by atoms with Crippen molar-refractivity contribution in [3.05, 3.63) is 22.8 Å². The van der Waals surface area contributed by atoms with Gasteiger partial charge < -0.3 is 0 Å². The van der Waals surface area contributed by atoms with E-state index in [1.54, 1.807) is 5.57 Å². The smallest absolute Gasteiger partial charge is 0.156 e. The summed E-state index contributed by atoms with van der Waals surface area (Å²) in [4.78, 5) is 11.5. The molecule has 0 aromatic carbocycles. The fourth-order valence-corrected chi connectivity index (χ4v) is 3.74. The Morgan fingerprint density at radius 2 is 2.15 bits per heavy atom. The Labute approximate surface area is 123 Å². The molecule has 2 rings (SSSR count). The van der Waals surface area contributed by atoms with Crippen LogP contribution in [0.5, 0.6) is 0 Å². The molecule has 0 aromatic rings. The first kappa shape index (κ1) is 15.1. The van der Waals surface area contributed by atoms with Crippen molar-refractivity contribution in [3.63, 3.8) is 0 Å². The van der Waals surface area contributed by atoms with Crippen LogP contribution in [-0.4, -0.2) is 5.78 Å². The zero-order valence-electron chi connectivity index (χ0n) is 13.1. The van der Waals surface area contributed by atoms with E-state index in [0.29, 0.717) is 18.1 Å². The van der Waals surface area contributed by atoms with Crippen LogP contribution in [0.2, 0.25) is 0 Å². The Balaban J connectivity index is 2.03. The van der Waals surface area contributed by atoms with E-state index in [9.17, 15) is 4.79 Å². The van der Waals surface area contributed by atoms with Crippen LogP contribution in [0.1, 0.15) is 65.7 Å². The van der Waals surface area contributed by atoms with Gasteiger partial charge in [-0.25, -0.2) is 0 Å². The van der Waals surface area contributed by atoms with E-state index < -0.39 is 0 Å². The number of unbranched alkanes of at least 4 members (excludes halogenated alkanes) is 1. The van der Waals surface area contributed by atoms with Crippen LogP contribution in [0.3, 0.4) is 0 Å². The number of hydrogen-bond acceptors (Lipinski definition) is 1. The lowest BCUT2D eigenvalue weighted by atomic mass is 9.71. The number of rotatable bonds is 4. The topological polar surface area (TPSA) is 17.1 Å². The zero-order valence-corrected chi connectivity index (χ0v) is 13.1. The second-order valence-electron chi connectivity index (χ2n) is 6.24. The van der Waals surface area contributed by atoms with Gasteiger partial charge in [0.2, 0.25) is 0 Å². The third-order valence-electron chi connectivity index (χ3n) is 4.93. The van der Waals surface area contributed by atoms with Gasteiger partial charge in [0.1, 0.15) is 0 Å². The highest BCUT2D eigenvalue weighted by Crippen LogP contribution is 2.42. The highest BCUT2D eigenvalue weighted by Gasteiger charge is 2.29. The van der Waals surface area contributed by atoms with Crippen LogP contribution < -0.4 is 0 Å². The van der Waals surface area contributed by atoms with Gasteiger partial charge >= 0.3 is 0 Å². The molecule has 0 saturated heterocycles. The minimum atomic E-state index is 0.321. The number of ketones is 1. The minimum absolute atomic E-state index is 0.321. The van der Waals surface area contributed by atoms with Crippen molar-refractivity contribution < 1.29 is 4.79 Å². The van der Waals surface area contributed by atoms with E-state index in [4.69, 9.17) is 0 Å². The maximum absolute atomic E-state index is 11.5. The standard InChI is InChI=1S/C19H26O/c1-4-5-6-7-8-14(2)18-11-9-16-13-17(20)10-12-19(16)15(18)3/h13-14,18H,6-12H2,1-3H3/t14?,18-/m0/s1. The second kappa shape index (κ2) is 6.93. The SMILES string of the molecule is CC#CCCCC(C)[C@@H]1CCC2=CC(=O)CCC2=C1C. The third kappa shape index (κ3) is 3.42. The van der Waals surface area contributed by atoms with Crippen molar-refractivity contribution in [2.75, 3.05) is 0 Å². The van der Waals surface area contributed by atoms with E-state index in [-0.39, 0.29) is 0 Å². The maximum atomic E-state index is 11.5. The predicted octanol–water partition coefficient (Wildman–Crippen LogP) is 4.83. The highest BCUT2D eigenvalue weighted by molar-refractivity contribution is 5.93. The average Bonchev–Trinajstić information content (AvgIpc) is 2.43. The number of allylic oxidation sites excluding steroid dienone is 4. The number of hydrogen-bond donors (Lipinski definition) is 0. The summed E-state index contributed by atoms with van der Waals surface area (Å²) >= 11 is 0. The molecule has 0 N–H and O–H groups in total. The van der Waals surface area contributed by atoms with Gasteiger partial charge in [-0.15, -0.1) is 11.8 Å². The lowest BCUT2D eigenvalue weighted by Gasteiger charge is -2.34. The molecule has 0 fully saturated rings. The molecule has 2 aliphatic carbocycles. The Kier molecular flexibility index (Phi) is 5.24. The van der Waals surface area contributed by atoms with Crippen LogP contribution in [-0.2, 0) is 4.79 Å². The van der Waals surface area contributed by atoms with Crippen molar-refractivity contribution in [1.29, 1.82) is 0 Å². The monoisotopic (exact) mass is 270 g/mol. The van der Waals surface area contributed by atoms with E-state index in [1.807, 2.05) is 13.0 Å². The van der Waals surface area contributed by atoms with Gasteiger partial charge in [0.15, 0.2) is 5.78 Å². The molecule has 0 spiro atoms. The summed E-state index contributed by atoms with van der Waals surface area (Å²) in [5.74, 6) is 7.90. The van der Waals surface area contributed by atoms with Gasteiger partial charge in [-0.3, -0.25) is 4.79 Å². The Morgan fingerprint density at radius 1 is 1.35 bits per heavy atom. The molecule has 20 heavy (non-hydrogen) atoms. The van der Waals surface area contributed by atoms with E-state index in [0.717, 1.165) is 25.2 Å². The van der Waals surface area contributed by atoms with Gasteiger partial charge in [0.05, 0.1) is 0 Å². The quantitative estimate of drug-likeness (QED) is 0.528. The van der Waals surface area contributed by atoms with Crippen LogP contribution in [0.25, 0.3) is 0 Å². The molecular weight excluding hydrogens is 244 g/mol. The number of carbonyl (C=O) groups is 1. The Morgan fingerprint density at radius 3 is 2.90 bits per heavy atom. The van der Waals surface area contributed by atoms with E-state index in [1.165, 1.54) is 30.4 Å². The average molecular weight is 270 g/mol. The summed E-state index contributed by atoms with van der Waals surface area (Å²) in [5.41, 5.74) is 4.39. The summed E-state index contributed by atoms with van der Waals surface area (Å²) < 4.78 is 0. The summed E-state index contributed by atoms with van der Waals surface area (Å²) in [5, 5.41) is 0. The second-order valence-corrected chi connectivity index (χ2v) is 6.24. The molecule has 1 nitrogen and oxygen atoms in total. The molecule has 108 valence electrons. The molecule has 2 atom stereocenters. The summed E-state index contributed by atoms with van der Waals surface area (Å²) in [6, 6.07) is 0. The predicted molar refractivity (Wildman–Crippen MR) is 84.2 cm³/mol. The molecule has 0 amide bonds. The molecule has 1 heteroatoms. The first-order valence-electron chi connectivity index (χ1n) is 7.96. The summed E-state index contributed by atoms with van der Waals surface area (Å²) in [6.45, 7) is 6.60. The third-order valence-corrected chi connectivity index (χ3v) is 4.93. The molecule has 0 radical (unpaired) electrons. The molecule has 0 aromatic heterocycles. The van der Waals surface area contributed by atoms with Crippen LogP contribution in [0.4, 0.5) is 0 Å². The lowest BCUT2D eigenvalue weighted by molar-refractivity contribution is -0.114. The molecule has 0 saturated carbocycles. The molecule has 0 aliphatic heterocycles. The summed E-state index contributed by atoms with van der Waals surface area (Å²) in [7, 11) is 0. The Bertz CT molecular complexity index is 496. The van der Waals surface area contributed by atoms with Gasteiger partial charge in [-0.1, -0.05) is 12.5 Å². The van der Waals surface area contributed by atoms with Crippen molar-refractivity contribution >= 4 is 5.78 Å². The minimum Gasteiger partial charge on any atom is -0.295 e. The van der Waals surface area contributed by atoms with Gasteiger partial charge in [0.25, 0.3) is 0 Å². The van der Waals surface area contributed by atoms with Crippen molar-refractivity contribution in [2.45, 2.75) is 65.7 Å². The van der Waals surface area contributed by atoms with E-state index in [2.05, 4.69) is 25.7 Å². The molecule has 2 aliphatic rings. The normalized spacial score (nSPS) is 23.6. The molecule has 0 bridgehead atoms. The largest absolute Gasteiger partial charge is 0.295 e. The molecular formula is C19H26O. The summed E-state index contributed by atoms with van der Waals surface area (Å²) in [6.07, 6.45) is 9.41. The maximum Gasteiger partial charge on any atom is 0.156 e. The van der Waals surface area contributed by atoms with Crippen molar-refractivity contribution in [1.82, 2.24) is 0 Å². The first-order chi connectivity index (χ1) is 9.63. The fraction of sp³-hybridized carbons (Fsp3) is 0.632. The Hall–Kier alpha value is -1.29. The highest BCUT2D eigenvalue weighted by atomic mass is 16.1. The molecule has 1 unspecified atom stereocenters. The van der Waals surface area contributed by atoms with Gasteiger partial charge in [-0.2, -0.15) is 0 Å². The van der Waals surface area contributed by atoms with Crippen molar-refractivity contribution in [2.24, 2.45) is 11.8 Å². The van der Waals surface area contributed by atoms with Crippen molar-refractivity contribution in [3.8, 4) is 11.8 Å². The van der Waals surface area contributed by atoms with Crippen LogP contribution >= 0.6 is 0 Å². The fourth-order valence-electron chi connectivity index (χ4n) is 3.74. The van der Waals surface area contributed by atoms with Crippen LogP contribution in [0, 0.1) is 23.7 Å². The lowest BCUT2D eigenvalue weighted by Crippen LogP contribution is -2.22. The molecule has 0 heterocycles.